The Bertz CT molecular complexity index is 418. The summed E-state index contributed by atoms with van der Waals surface area (Å²) < 4.78 is 0.796. The summed E-state index contributed by atoms with van der Waals surface area (Å²) in [5, 5.41) is 3.47. The first-order valence-corrected chi connectivity index (χ1v) is 6.76. The van der Waals surface area contributed by atoms with Gasteiger partial charge in [-0.3, -0.25) is 4.79 Å². The van der Waals surface area contributed by atoms with Gasteiger partial charge in [0, 0.05) is 16.6 Å². The molecule has 0 aliphatic heterocycles. The van der Waals surface area contributed by atoms with Crippen LogP contribution in [0.3, 0.4) is 0 Å². The van der Waals surface area contributed by atoms with E-state index in [-0.39, 0.29) is 11.3 Å². The Hall–Kier alpha value is -0.540. The molecule has 1 rings (SSSR count). The second kappa shape index (κ2) is 5.87. The highest BCUT2D eigenvalue weighted by Gasteiger charge is 2.16. The highest BCUT2D eigenvalue weighted by molar-refractivity contribution is 9.10. The summed E-state index contributed by atoms with van der Waals surface area (Å²) >= 11 is 9.25. The van der Waals surface area contributed by atoms with Crippen LogP contribution in [0.15, 0.2) is 22.7 Å². The highest BCUT2D eigenvalue weighted by Crippen LogP contribution is 2.23. The van der Waals surface area contributed by atoms with Crippen LogP contribution in [0.4, 0.5) is 0 Å². The zero-order chi connectivity index (χ0) is 13.1. The van der Waals surface area contributed by atoms with E-state index < -0.39 is 0 Å². The molecule has 0 bridgehead atoms. The van der Waals surface area contributed by atoms with Gasteiger partial charge in [0.15, 0.2) is 0 Å². The number of hydrogen-bond donors (Lipinski definition) is 1. The lowest BCUT2D eigenvalue weighted by Gasteiger charge is -2.22. The van der Waals surface area contributed by atoms with Gasteiger partial charge in [-0.15, -0.1) is 0 Å². The molecule has 0 unspecified atom stereocenters. The molecule has 0 aliphatic carbocycles. The first-order valence-electron chi connectivity index (χ1n) is 5.59. The van der Waals surface area contributed by atoms with Crippen molar-refractivity contribution >= 4 is 33.4 Å². The van der Waals surface area contributed by atoms with E-state index in [1.807, 2.05) is 0 Å². The van der Waals surface area contributed by atoms with Crippen molar-refractivity contribution < 1.29 is 4.79 Å². The van der Waals surface area contributed by atoms with Gasteiger partial charge in [-0.1, -0.05) is 32.4 Å². The van der Waals surface area contributed by atoms with Crippen LogP contribution in [-0.4, -0.2) is 12.5 Å². The Morgan fingerprint density at radius 3 is 2.65 bits per heavy atom. The minimum Gasteiger partial charge on any atom is -0.352 e. The quantitative estimate of drug-likeness (QED) is 0.882. The van der Waals surface area contributed by atoms with Crippen LogP contribution in [0.1, 0.15) is 37.6 Å². The fourth-order valence-electron chi connectivity index (χ4n) is 1.18. The average molecular weight is 319 g/mol. The fraction of sp³-hybridized carbons (Fsp3) is 0.462. The largest absolute Gasteiger partial charge is 0.352 e. The molecule has 0 spiro atoms. The lowest BCUT2D eigenvalue weighted by atomic mass is 9.90. The van der Waals surface area contributed by atoms with E-state index in [1.54, 1.807) is 18.2 Å². The van der Waals surface area contributed by atoms with Crippen molar-refractivity contribution in [3.05, 3.63) is 33.3 Å². The van der Waals surface area contributed by atoms with E-state index in [0.29, 0.717) is 17.1 Å². The van der Waals surface area contributed by atoms with Crippen molar-refractivity contribution in [2.24, 2.45) is 5.41 Å². The number of carbonyl (C=O) groups is 1. The third-order valence-electron chi connectivity index (χ3n) is 2.87. The van der Waals surface area contributed by atoms with Crippen LogP contribution in [0.2, 0.25) is 5.02 Å². The van der Waals surface area contributed by atoms with Crippen LogP contribution in [-0.2, 0) is 0 Å². The molecule has 0 aliphatic rings. The second-order valence-corrected chi connectivity index (χ2v) is 6.09. The van der Waals surface area contributed by atoms with Gasteiger partial charge in [-0.2, -0.15) is 0 Å². The summed E-state index contributed by atoms with van der Waals surface area (Å²) in [6, 6.07) is 5.20. The molecular formula is C13H17BrClNO. The van der Waals surface area contributed by atoms with Crippen molar-refractivity contribution in [2.45, 2.75) is 27.2 Å². The number of rotatable bonds is 4. The van der Waals surface area contributed by atoms with Crippen molar-refractivity contribution in [3.63, 3.8) is 0 Å². The molecule has 0 heterocycles. The van der Waals surface area contributed by atoms with Crippen LogP contribution in [0.5, 0.6) is 0 Å². The van der Waals surface area contributed by atoms with Crippen LogP contribution < -0.4 is 5.32 Å². The number of hydrogen-bond acceptors (Lipinski definition) is 1. The van der Waals surface area contributed by atoms with Gasteiger partial charge in [0.05, 0.1) is 5.02 Å². The molecule has 1 N–H and O–H groups in total. The van der Waals surface area contributed by atoms with E-state index in [0.717, 1.165) is 10.9 Å². The smallest absolute Gasteiger partial charge is 0.251 e. The Labute approximate surface area is 116 Å². The monoisotopic (exact) mass is 317 g/mol. The van der Waals surface area contributed by atoms with Gasteiger partial charge >= 0.3 is 0 Å². The molecular weight excluding hydrogens is 302 g/mol. The van der Waals surface area contributed by atoms with Gasteiger partial charge in [0.2, 0.25) is 0 Å². The molecule has 0 atom stereocenters. The standard InChI is InChI=1S/C13H17BrClNO/c1-4-13(2,3)8-16-12(17)9-5-6-10(14)11(15)7-9/h5-7H,4,8H2,1-3H3,(H,16,17). The molecule has 17 heavy (non-hydrogen) atoms. The zero-order valence-corrected chi connectivity index (χ0v) is 12.7. The van der Waals surface area contributed by atoms with Crippen molar-refractivity contribution in [2.75, 3.05) is 6.54 Å². The van der Waals surface area contributed by atoms with Gasteiger partial charge in [0.25, 0.3) is 5.91 Å². The van der Waals surface area contributed by atoms with Gasteiger partial charge in [0.1, 0.15) is 0 Å². The SMILES string of the molecule is CCC(C)(C)CNC(=O)c1ccc(Br)c(Cl)c1. The van der Waals surface area contributed by atoms with Crippen LogP contribution in [0.25, 0.3) is 0 Å². The molecule has 1 aromatic carbocycles. The predicted molar refractivity (Wildman–Crippen MR) is 75.6 cm³/mol. The summed E-state index contributed by atoms with van der Waals surface area (Å²) in [4.78, 5) is 11.9. The van der Waals surface area contributed by atoms with Gasteiger partial charge < -0.3 is 5.32 Å². The number of halogens is 2. The second-order valence-electron chi connectivity index (χ2n) is 4.83. The Morgan fingerprint density at radius 1 is 1.47 bits per heavy atom. The molecule has 0 radical (unpaired) electrons. The van der Waals surface area contributed by atoms with Crippen molar-refractivity contribution in [1.29, 1.82) is 0 Å². The topological polar surface area (TPSA) is 29.1 Å². The average Bonchev–Trinajstić information content (AvgIpc) is 2.30. The highest BCUT2D eigenvalue weighted by atomic mass is 79.9. The van der Waals surface area contributed by atoms with Gasteiger partial charge in [-0.05, 0) is 46.0 Å². The van der Waals surface area contributed by atoms with Crippen molar-refractivity contribution in [1.82, 2.24) is 5.32 Å². The molecule has 4 heteroatoms. The first-order chi connectivity index (χ1) is 7.85. The maximum Gasteiger partial charge on any atom is 0.251 e. The lowest BCUT2D eigenvalue weighted by molar-refractivity contribution is 0.0935. The van der Waals surface area contributed by atoms with Crippen LogP contribution >= 0.6 is 27.5 Å². The van der Waals surface area contributed by atoms with E-state index in [9.17, 15) is 4.79 Å². The zero-order valence-electron chi connectivity index (χ0n) is 10.3. The molecule has 0 saturated carbocycles. The van der Waals surface area contributed by atoms with Gasteiger partial charge in [-0.25, -0.2) is 0 Å². The van der Waals surface area contributed by atoms with E-state index in [1.165, 1.54) is 0 Å². The summed E-state index contributed by atoms with van der Waals surface area (Å²) in [5.41, 5.74) is 0.708. The number of benzene rings is 1. The Balaban J connectivity index is 2.68. The third kappa shape index (κ3) is 4.32. The number of amides is 1. The minimum atomic E-state index is -0.0825. The minimum absolute atomic E-state index is 0.0825. The maximum atomic E-state index is 11.9. The number of nitrogens with one attached hydrogen (secondary N) is 1. The molecule has 0 saturated heterocycles. The molecule has 1 aromatic rings. The van der Waals surface area contributed by atoms with E-state index in [2.05, 4.69) is 42.0 Å². The normalized spacial score (nSPS) is 11.4. The predicted octanol–water partition coefficient (Wildman–Crippen LogP) is 4.27. The number of carbonyl (C=O) groups excluding carboxylic acids is 1. The Kier molecular flexibility index (Phi) is 5.02. The molecule has 94 valence electrons. The Morgan fingerprint density at radius 2 is 2.12 bits per heavy atom. The summed E-state index contributed by atoms with van der Waals surface area (Å²) in [5.74, 6) is -0.0825. The van der Waals surface area contributed by atoms with Crippen molar-refractivity contribution in [3.8, 4) is 0 Å². The molecule has 2 nitrogen and oxygen atoms in total. The molecule has 1 amide bonds. The molecule has 0 aromatic heterocycles. The summed E-state index contributed by atoms with van der Waals surface area (Å²) in [7, 11) is 0. The van der Waals surface area contributed by atoms with E-state index in [4.69, 9.17) is 11.6 Å². The third-order valence-corrected chi connectivity index (χ3v) is 4.10. The summed E-state index contributed by atoms with van der Waals surface area (Å²) in [6.07, 6.45) is 1.02. The molecule has 0 fully saturated rings. The maximum absolute atomic E-state index is 11.9. The van der Waals surface area contributed by atoms with E-state index >= 15 is 0 Å². The lowest BCUT2D eigenvalue weighted by Crippen LogP contribution is -2.33. The first kappa shape index (κ1) is 14.5. The summed E-state index contributed by atoms with van der Waals surface area (Å²) in [6.45, 7) is 7.03. The van der Waals surface area contributed by atoms with Crippen LogP contribution in [0, 0.1) is 5.41 Å². The fourth-order valence-corrected chi connectivity index (χ4v) is 1.61.